The average Bonchev–Trinajstić information content (AvgIpc) is 2.84. The fraction of sp³-hybridized carbons (Fsp3) is 0.308. The van der Waals surface area contributed by atoms with E-state index in [1.807, 2.05) is 12.1 Å². The lowest BCUT2D eigenvalue weighted by Gasteiger charge is -2.03. The SMILES string of the molecule is Cc1ccccc1-c1cc(C2(N)CC2)[nH]n1. The van der Waals surface area contributed by atoms with E-state index in [2.05, 4.69) is 35.3 Å². The van der Waals surface area contributed by atoms with Gasteiger partial charge >= 0.3 is 0 Å². The number of H-pyrrole nitrogens is 1. The summed E-state index contributed by atoms with van der Waals surface area (Å²) in [6.07, 6.45) is 2.12. The standard InChI is InChI=1S/C13H15N3/c1-9-4-2-3-5-10(9)11-8-12(16-15-11)13(14)6-7-13/h2-5,8H,6-7,14H2,1H3,(H,15,16). The van der Waals surface area contributed by atoms with Gasteiger partial charge in [-0.25, -0.2) is 0 Å². The molecule has 16 heavy (non-hydrogen) atoms. The zero-order chi connectivity index (χ0) is 11.2. The van der Waals surface area contributed by atoms with Gasteiger partial charge in [-0.2, -0.15) is 5.10 Å². The summed E-state index contributed by atoms with van der Waals surface area (Å²) in [7, 11) is 0. The molecule has 0 unspecified atom stereocenters. The third-order valence-corrected chi connectivity index (χ3v) is 3.32. The Balaban J connectivity index is 2.02. The summed E-state index contributed by atoms with van der Waals surface area (Å²) in [6, 6.07) is 10.3. The number of hydrogen-bond acceptors (Lipinski definition) is 2. The van der Waals surface area contributed by atoms with E-state index < -0.39 is 0 Å². The fourth-order valence-electron chi connectivity index (χ4n) is 1.98. The van der Waals surface area contributed by atoms with Crippen LogP contribution in [0.1, 0.15) is 24.1 Å². The summed E-state index contributed by atoms with van der Waals surface area (Å²) < 4.78 is 0. The smallest absolute Gasteiger partial charge is 0.0926 e. The van der Waals surface area contributed by atoms with Gasteiger partial charge in [0, 0.05) is 5.56 Å². The van der Waals surface area contributed by atoms with Crippen LogP contribution in [0.25, 0.3) is 11.3 Å². The zero-order valence-corrected chi connectivity index (χ0v) is 9.33. The number of rotatable bonds is 2. The number of aromatic amines is 1. The highest BCUT2D eigenvalue weighted by atomic mass is 15.1. The molecule has 0 amide bonds. The van der Waals surface area contributed by atoms with Crippen molar-refractivity contribution >= 4 is 0 Å². The van der Waals surface area contributed by atoms with Gasteiger partial charge in [0.2, 0.25) is 0 Å². The molecular weight excluding hydrogens is 198 g/mol. The Kier molecular flexibility index (Phi) is 1.91. The Morgan fingerprint density at radius 1 is 1.31 bits per heavy atom. The summed E-state index contributed by atoms with van der Waals surface area (Å²) in [5.41, 5.74) is 10.5. The van der Waals surface area contributed by atoms with E-state index in [-0.39, 0.29) is 5.54 Å². The Morgan fingerprint density at radius 3 is 2.75 bits per heavy atom. The molecule has 0 aliphatic heterocycles. The van der Waals surface area contributed by atoms with E-state index in [9.17, 15) is 0 Å². The molecule has 1 aliphatic rings. The second-order valence-electron chi connectivity index (χ2n) is 4.64. The first kappa shape index (κ1) is 9.60. The number of nitrogens with zero attached hydrogens (tertiary/aromatic N) is 1. The van der Waals surface area contributed by atoms with Crippen molar-refractivity contribution in [1.82, 2.24) is 10.2 Å². The summed E-state index contributed by atoms with van der Waals surface area (Å²) in [4.78, 5) is 0. The van der Waals surface area contributed by atoms with E-state index in [0.29, 0.717) is 0 Å². The second-order valence-corrected chi connectivity index (χ2v) is 4.64. The first-order valence-electron chi connectivity index (χ1n) is 5.60. The monoisotopic (exact) mass is 213 g/mol. The first-order valence-corrected chi connectivity index (χ1v) is 5.60. The van der Waals surface area contributed by atoms with Crippen LogP contribution in [0.15, 0.2) is 30.3 Å². The van der Waals surface area contributed by atoms with Crippen LogP contribution in [0.3, 0.4) is 0 Å². The summed E-state index contributed by atoms with van der Waals surface area (Å²) >= 11 is 0. The molecule has 82 valence electrons. The first-order chi connectivity index (χ1) is 7.69. The van der Waals surface area contributed by atoms with Crippen molar-refractivity contribution in [3.8, 4) is 11.3 Å². The van der Waals surface area contributed by atoms with Crippen molar-refractivity contribution in [2.75, 3.05) is 0 Å². The van der Waals surface area contributed by atoms with Crippen LogP contribution < -0.4 is 5.73 Å². The van der Waals surface area contributed by atoms with Gasteiger partial charge in [-0.05, 0) is 31.4 Å². The molecule has 0 spiro atoms. The number of aryl methyl sites for hydroxylation is 1. The van der Waals surface area contributed by atoms with E-state index in [4.69, 9.17) is 5.73 Å². The minimum atomic E-state index is -0.131. The minimum Gasteiger partial charge on any atom is -0.320 e. The van der Waals surface area contributed by atoms with E-state index in [0.717, 1.165) is 24.2 Å². The van der Waals surface area contributed by atoms with Crippen LogP contribution in [0.5, 0.6) is 0 Å². The third-order valence-electron chi connectivity index (χ3n) is 3.32. The maximum absolute atomic E-state index is 6.13. The molecule has 3 N–H and O–H groups in total. The molecule has 1 saturated carbocycles. The maximum Gasteiger partial charge on any atom is 0.0926 e. The maximum atomic E-state index is 6.13. The number of hydrogen-bond donors (Lipinski definition) is 2. The van der Waals surface area contributed by atoms with Crippen molar-refractivity contribution in [2.24, 2.45) is 5.73 Å². The van der Waals surface area contributed by atoms with Crippen LogP contribution in [0.2, 0.25) is 0 Å². The Morgan fingerprint density at radius 2 is 2.06 bits per heavy atom. The van der Waals surface area contributed by atoms with Gasteiger partial charge in [-0.1, -0.05) is 24.3 Å². The van der Waals surface area contributed by atoms with Gasteiger partial charge < -0.3 is 5.73 Å². The van der Waals surface area contributed by atoms with Crippen LogP contribution in [-0.4, -0.2) is 10.2 Å². The molecule has 3 rings (SSSR count). The number of benzene rings is 1. The molecule has 1 aliphatic carbocycles. The van der Waals surface area contributed by atoms with Gasteiger partial charge in [-0.3, -0.25) is 5.10 Å². The van der Waals surface area contributed by atoms with Gasteiger partial charge in [0.1, 0.15) is 0 Å². The Hall–Kier alpha value is -1.61. The van der Waals surface area contributed by atoms with Gasteiger partial charge in [-0.15, -0.1) is 0 Å². The van der Waals surface area contributed by atoms with Crippen molar-refractivity contribution in [3.05, 3.63) is 41.6 Å². The highest BCUT2D eigenvalue weighted by Gasteiger charge is 2.41. The molecule has 1 aromatic heterocycles. The molecule has 0 saturated heterocycles. The van der Waals surface area contributed by atoms with E-state index in [1.165, 1.54) is 11.1 Å². The van der Waals surface area contributed by atoms with Crippen LogP contribution in [0, 0.1) is 6.92 Å². The van der Waals surface area contributed by atoms with Gasteiger partial charge in [0.25, 0.3) is 0 Å². The molecular formula is C13H15N3. The molecule has 3 heteroatoms. The highest BCUT2D eigenvalue weighted by molar-refractivity contribution is 5.63. The lowest BCUT2D eigenvalue weighted by atomic mass is 10.0. The lowest BCUT2D eigenvalue weighted by molar-refractivity contribution is 0.702. The largest absolute Gasteiger partial charge is 0.320 e. The Labute approximate surface area is 94.7 Å². The Bertz CT molecular complexity index is 523. The third kappa shape index (κ3) is 1.44. The topological polar surface area (TPSA) is 54.7 Å². The fourth-order valence-corrected chi connectivity index (χ4v) is 1.98. The predicted octanol–water partition coefficient (Wildman–Crippen LogP) is 2.33. The number of nitrogens with one attached hydrogen (secondary N) is 1. The average molecular weight is 213 g/mol. The van der Waals surface area contributed by atoms with Gasteiger partial charge in [0.15, 0.2) is 0 Å². The quantitative estimate of drug-likeness (QED) is 0.804. The van der Waals surface area contributed by atoms with Crippen LogP contribution >= 0.6 is 0 Å². The predicted molar refractivity (Wildman–Crippen MR) is 63.9 cm³/mol. The molecule has 0 radical (unpaired) electrons. The van der Waals surface area contributed by atoms with Crippen molar-refractivity contribution < 1.29 is 0 Å². The molecule has 1 aromatic carbocycles. The summed E-state index contributed by atoms with van der Waals surface area (Å²) in [5, 5.41) is 7.41. The number of nitrogens with two attached hydrogens (primary N) is 1. The van der Waals surface area contributed by atoms with E-state index >= 15 is 0 Å². The normalized spacial score (nSPS) is 17.4. The molecule has 1 heterocycles. The van der Waals surface area contributed by atoms with E-state index in [1.54, 1.807) is 0 Å². The zero-order valence-electron chi connectivity index (χ0n) is 9.33. The molecule has 3 nitrogen and oxygen atoms in total. The summed E-state index contributed by atoms with van der Waals surface area (Å²) in [6.45, 7) is 2.10. The van der Waals surface area contributed by atoms with Crippen molar-refractivity contribution in [3.63, 3.8) is 0 Å². The lowest BCUT2D eigenvalue weighted by Crippen LogP contribution is -2.18. The summed E-state index contributed by atoms with van der Waals surface area (Å²) in [5.74, 6) is 0. The van der Waals surface area contributed by atoms with Gasteiger partial charge in [0.05, 0.1) is 16.9 Å². The van der Waals surface area contributed by atoms with Crippen molar-refractivity contribution in [2.45, 2.75) is 25.3 Å². The van der Waals surface area contributed by atoms with Crippen LogP contribution in [0.4, 0.5) is 0 Å². The molecule has 2 aromatic rings. The second kappa shape index (κ2) is 3.19. The minimum absolute atomic E-state index is 0.131. The van der Waals surface area contributed by atoms with Crippen LogP contribution in [-0.2, 0) is 5.54 Å². The molecule has 0 bridgehead atoms. The molecule has 0 atom stereocenters. The molecule has 1 fully saturated rings. The number of aromatic nitrogens is 2. The highest BCUT2D eigenvalue weighted by Crippen LogP contribution is 2.42. The van der Waals surface area contributed by atoms with Crippen molar-refractivity contribution in [1.29, 1.82) is 0 Å².